The number of halogens is 1. The molecule has 142 valence electrons. The third kappa shape index (κ3) is 4.65. The van der Waals surface area contributed by atoms with Crippen LogP contribution in [0.15, 0.2) is 36.9 Å². The normalized spacial score (nSPS) is 27.0. The molecule has 2 saturated carbocycles. The van der Waals surface area contributed by atoms with Crippen LogP contribution in [-0.2, 0) is 4.79 Å². The van der Waals surface area contributed by atoms with E-state index >= 15 is 0 Å². The van der Waals surface area contributed by atoms with Crippen molar-refractivity contribution in [3.8, 4) is 0 Å². The van der Waals surface area contributed by atoms with Crippen molar-refractivity contribution < 1.29 is 9.59 Å². The maximum Gasteiger partial charge on any atom is 0.251 e. The fourth-order valence-corrected chi connectivity index (χ4v) is 4.22. The van der Waals surface area contributed by atoms with E-state index in [1.807, 2.05) is 0 Å². The second-order valence-electron chi connectivity index (χ2n) is 7.26. The SMILES string of the molecule is C=CCNC(=O)c1ccc(NC(=O)C2CC3CCCC(C2)C3N)cc1.Cl. The molecule has 2 atom stereocenters. The van der Waals surface area contributed by atoms with Crippen LogP contribution in [0.2, 0.25) is 0 Å². The summed E-state index contributed by atoms with van der Waals surface area (Å²) in [7, 11) is 0. The van der Waals surface area contributed by atoms with Crippen molar-refractivity contribution in [2.45, 2.75) is 38.1 Å². The Kier molecular flexibility index (Phi) is 7.23. The maximum absolute atomic E-state index is 12.6. The minimum absolute atomic E-state index is 0. The van der Waals surface area contributed by atoms with Crippen LogP contribution in [0.3, 0.4) is 0 Å². The zero-order chi connectivity index (χ0) is 17.8. The van der Waals surface area contributed by atoms with Gasteiger partial charge < -0.3 is 16.4 Å². The number of carbonyl (C=O) groups is 2. The van der Waals surface area contributed by atoms with E-state index in [1.54, 1.807) is 30.3 Å². The van der Waals surface area contributed by atoms with Gasteiger partial charge in [-0.3, -0.25) is 9.59 Å². The number of hydrogen-bond acceptors (Lipinski definition) is 3. The Balaban J connectivity index is 0.00000243. The first-order chi connectivity index (χ1) is 12.1. The Hall–Kier alpha value is -1.85. The van der Waals surface area contributed by atoms with Crippen LogP contribution in [0.4, 0.5) is 5.69 Å². The molecule has 2 fully saturated rings. The molecule has 3 rings (SSSR count). The molecule has 2 aliphatic rings. The summed E-state index contributed by atoms with van der Waals surface area (Å²) < 4.78 is 0. The van der Waals surface area contributed by atoms with E-state index in [9.17, 15) is 9.59 Å². The minimum Gasteiger partial charge on any atom is -0.349 e. The molecule has 2 amide bonds. The van der Waals surface area contributed by atoms with Gasteiger partial charge in [-0.05, 0) is 61.8 Å². The zero-order valence-electron chi connectivity index (χ0n) is 14.9. The number of hydrogen-bond donors (Lipinski definition) is 3. The van der Waals surface area contributed by atoms with Gasteiger partial charge in [0.1, 0.15) is 0 Å². The van der Waals surface area contributed by atoms with Gasteiger partial charge in [-0.1, -0.05) is 12.5 Å². The molecule has 2 aliphatic carbocycles. The molecule has 0 aromatic heterocycles. The van der Waals surface area contributed by atoms with Crippen LogP contribution in [0.5, 0.6) is 0 Å². The highest BCUT2D eigenvalue weighted by molar-refractivity contribution is 5.96. The average molecular weight is 378 g/mol. The lowest BCUT2D eigenvalue weighted by Gasteiger charge is -2.43. The molecule has 0 spiro atoms. The Morgan fingerprint density at radius 1 is 1.15 bits per heavy atom. The van der Waals surface area contributed by atoms with Crippen LogP contribution in [-0.4, -0.2) is 24.4 Å². The molecular formula is C20H28ClN3O2. The second-order valence-corrected chi connectivity index (χ2v) is 7.26. The Bertz CT molecular complexity index is 633. The molecule has 0 aliphatic heterocycles. The lowest BCUT2D eigenvalue weighted by Crippen LogP contribution is -2.48. The van der Waals surface area contributed by atoms with Crippen molar-refractivity contribution in [3.05, 3.63) is 42.5 Å². The van der Waals surface area contributed by atoms with Crippen LogP contribution < -0.4 is 16.4 Å². The van der Waals surface area contributed by atoms with E-state index in [1.165, 1.54) is 6.42 Å². The van der Waals surface area contributed by atoms with Gasteiger partial charge in [0.25, 0.3) is 5.91 Å². The Labute approximate surface area is 161 Å². The van der Waals surface area contributed by atoms with Crippen molar-refractivity contribution in [2.75, 3.05) is 11.9 Å². The van der Waals surface area contributed by atoms with E-state index in [0.717, 1.165) is 31.4 Å². The first-order valence-electron chi connectivity index (χ1n) is 9.14. The van der Waals surface area contributed by atoms with Gasteiger partial charge in [-0.2, -0.15) is 0 Å². The quantitative estimate of drug-likeness (QED) is 0.689. The van der Waals surface area contributed by atoms with Gasteiger partial charge in [0.05, 0.1) is 0 Å². The number of amides is 2. The molecule has 0 radical (unpaired) electrons. The van der Waals surface area contributed by atoms with E-state index < -0.39 is 0 Å². The van der Waals surface area contributed by atoms with Gasteiger partial charge in [-0.15, -0.1) is 19.0 Å². The molecule has 6 heteroatoms. The van der Waals surface area contributed by atoms with E-state index in [0.29, 0.717) is 23.9 Å². The van der Waals surface area contributed by atoms with Gasteiger partial charge in [-0.25, -0.2) is 0 Å². The predicted octanol–water partition coefficient (Wildman–Crippen LogP) is 3.12. The number of fused-ring (bicyclic) bond motifs is 2. The van der Waals surface area contributed by atoms with E-state index in [-0.39, 0.29) is 36.2 Å². The molecule has 2 unspecified atom stereocenters. The highest BCUT2D eigenvalue weighted by atomic mass is 35.5. The topological polar surface area (TPSA) is 84.2 Å². The highest BCUT2D eigenvalue weighted by Crippen LogP contribution is 2.42. The van der Waals surface area contributed by atoms with Crippen LogP contribution in [0, 0.1) is 17.8 Å². The van der Waals surface area contributed by atoms with E-state index in [2.05, 4.69) is 17.2 Å². The molecule has 4 N–H and O–H groups in total. The second kappa shape index (κ2) is 9.19. The number of anilines is 1. The Morgan fingerprint density at radius 3 is 2.35 bits per heavy atom. The summed E-state index contributed by atoms with van der Waals surface area (Å²) in [6.07, 6.45) is 6.97. The lowest BCUT2D eigenvalue weighted by molar-refractivity contribution is -0.122. The van der Waals surface area contributed by atoms with Crippen molar-refractivity contribution in [1.29, 1.82) is 0 Å². The smallest absolute Gasteiger partial charge is 0.251 e. The first kappa shape index (κ1) is 20.5. The molecule has 5 nitrogen and oxygen atoms in total. The fraction of sp³-hybridized carbons (Fsp3) is 0.500. The summed E-state index contributed by atoms with van der Waals surface area (Å²) in [6.45, 7) is 4.01. The average Bonchev–Trinajstić information content (AvgIpc) is 2.60. The Morgan fingerprint density at radius 2 is 1.77 bits per heavy atom. The molecule has 1 aromatic rings. The minimum atomic E-state index is -0.146. The largest absolute Gasteiger partial charge is 0.349 e. The number of nitrogens with one attached hydrogen (secondary N) is 2. The molecule has 0 heterocycles. The van der Waals surface area contributed by atoms with Crippen molar-refractivity contribution in [2.24, 2.45) is 23.5 Å². The van der Waals surface area contributed by atoms with Gasteiger partial charge in [0.15, 0.2) is 0 Å². The zero-order valence-corrected chi connectivity index (χ0v) is 15.8. The van der Waals surface area contributed by atoms with E-state index in [4.69, 9.17) is 5.73 Å². The molecule has 2 bridgehead atoms. The van der Waals surface area contributed by atoms with Gasteiger partial charge in [0.2, 0.25) is 5.91 Å². The molecule has 1 aromatic carbocycles. The number of rotatable bonds is 5. The van der Waals surface area contributed by atoms with Gasteiger partial charge >= 0.3 is 0 Å². The first-order valence-corrected chi connectivity index (χ1v) is 9.14. The monoisotopic (exact) mass is 377 g/mol. The predicted molar refractivity (Wildman–Crippen MR) is 106 cm³/mol. The molecule has 0 saturated heterocycles. The summed E-state index contributed by atoms with van der Waals surface area (Å²) in [5.41, 5.74) is 7.60. The summed E-state index contributed by atoms with van der Waals surface area (Å²) in [4.78, 5) is 24.5. The third-order valence-corrected chi connectivity index (χ3v) is 5.61. The highest BCUT2D eigenvalue weighted by Gasteiger charge is 2.40. The van der Waals surface area contributed by atoms with Crippen molar-refractivity contribution in [1.82, 2.24) is 5.32 Å². The summed E-state index contributed by atoms with van der Waals surface area (Å²) >= 11 is 0. The summed E-state index contributed by atoms with van der Waals surface area (Å²) in [6, 6.07) is 7.26. The molecular weight excluding hydrogens is 350 g/mol. The van der Waals surface area contributed by atoms with Crippen LogP contribution in [0.25, 0.3) is 0 Å². The lowest BCUT2D eigenvalue weighted by atomic mass is 9.65. The number of carbonyl (C=O) groups excluding carboxylic acids is 2. The summed E-state index contributed by atoms with van der Waals surface area (Å²) in [5.74, 6) is 0.948. The van der Waals surface area contributed by atoms with Crippen molar-refractivity contribution in [3.63, 3.8) is 0 Å². The number of nitrogens with two attached hydrogens (primary N) is 1. The van der Waals surface area contributed by atoms with Crippen LogP contribution >= 0.6 is 12.4 Å². The van der Waals surface area contributed by atoms with Crippen LogP contribution in [0.1, 0.15) is 42.5 Å². The molecule has 26 heavy (non-hydrogen) atoms. The van der Waals surface area contributed by atoms with Crippen molar-refractivity contribution >= 4 is 29.9 Å². The maximum atomic E-state index is 12.6. The fourth-order valence-electron chi connectivity index (χ4n) is 4.22. The summed E-state index contributed by atoms with van der Waals surface area (Å²) in [5, 5.41) is 5.73. The number of benzene rings is 1. The standard InChI is InChI=1S/C20H27N3O2.ClH/c1-2-10-22-19(24)13-6-8-17(9-7-13)23-20(25)16-11-14-4-3-5-15(12-16)18(14)21;/h2,6-9,14-16,18H,1,3-5,10-12,21H2,(H,22,24)(H,23,25);1H. The van der Waals surface area contributed by atoms with Gasteiger partial charge in [0, 0.05) is 29.8 Å². The third-order valence-electron chi connectivity index (χ3n) is 5.61.